The molecule has 0 aliphatic rings. The minimum absolute atomic E-state index is 0.0999. The van der Waals surface area contributed by atoms with E-state index in [2.05, 4.69) is 31.4 Å². The molecule has 0 aliphatic carbocycles. The molecule has 0 aromatic carbocycles. The van der Waals surface area contributed by atoms with Gasteiger partial charge in [-0.05, 0) is 44.4 Å². The summed E-state index contributed by atoms with van der Waals surface area (Å²) in [6, 6.07) is 0. The van der Waals surface area contributed by atoms with Crippen molar-refractivity contribution in [3.63, 3.8) is 0 Å². The second-order valence-corrected chi connectivity index (χ2v) is 21.0. The van der Waals surface area contributed by atoms with Crippen LogP contribution < -0.4 is 0 Å². The van der Waals surface area contributed by atoms with Crippen molar-refractivity contribution >= 4 is 27.6 Å². The Morgan fingerprint density at radius 3 is 1.47 bits per heavy atom. The quantitative estimate of drug-likeness (QED) is 0.0144. The monoisotopic (exact) mass is 987 g/mol. The number of aliphatic hydroxyl groups is 3. The van der Waals surface area contributed by atoms with E-state index in [-0.39, 0.29) is 12.8 Å². The lowest BCUT2D eigenvalue weighted by molar-refractivity contribution is -0.161. The van der Waals surface area contributed by atoms with Crippen molar-refractivity contribution in [3.05, 3.63) is 12.2 Å². The maximum Gasteiger partial charge on any atom is 0.472 e. The number of esters is 2. The van der Waals surface area contributed by atoms with Gasteiger partial charge in [0.2, 0.25) is 0 Å². The van der Waals surface area contributed by atoms with Crippen LogP contribution in [0.2, 0.25) is 0 Å². The zero-order valence-electron chi connectivity index (χ0n) is 41.5. The van der Waals surface area contributed by atoms with Crippen LogP contribution in [0.15, 0.2) is 12.2 Å². The number of ether oxygens (including phenoxy) is 2. The van der Waals surface area contributed by atoms with Crippen molar-refractivity contribution in [2.45, 2.75) is 257 Å². The molecule has 0 heterocycles. The van der Waals surface area contributed by atoms with Crippen LogP contribution in [0, 0.1) is 5.92 Å². The number of hydrogen-bond donors (Lipinski definition) is 6. The topological polar surface area (TPSA) is 236 Å². The molecule has 6 N–H and O–H groups in total. The van der Waals surface area contributed by atoms with Crippen LogP contribution in [0.25, 0.3) is 0 Å². The zero-order chi connectivity index (χ0) is 49.2. The van der Waals surface area contributed by atoms with Crippen LogP contribution in [-0.2, 0) is 41.8 Å². The number of carbonyl (C=O) groups excluding carboxylic acids is 2. The summed E-state index contributed by atoms with van der Waals surface area (Å²) in [7, 11) is -9.73. The van der Waals surface area contributed by atoms with Crippen LogP contribution in [0.5, 0.6) is 0 Å². The zero-order valence-corrected chi connectivity index (χ0v) is 43.2. The van der Waals surface area contributed by atoms with Crippen LogP contribution in [-0.4, -0.2) is 92.8 Å². The summed E-state index contributed by atoms with van der Waals surface area (Å²) in [5.41, 5.74) is 0. The van der Waals surface area contributed by atoms with E-state index in [4.69, 9.17) is 28.3 Å². The summed E-state index contributed by atoms with van der Waals surface area (Å²) in [4.78, 5) is 52.9. The van der Waals surface area contributed by atoms with Gasteiger partial charge in [0.25, 0.3) is 0 Å². The molecular weight excluding hydrogens is 890 g/mol. The Bertz CT molecular complexity index is 1270. The molecule has 15 nitrogen and oxygen atoms in total. The molecule has 392 valence electrons. The number of aliphatic hydroxyl groups excluding tert-OH is 3. The molecule has 0 rings (SSSR count). The molecule has 0 amide bonds. The number of allylic oxidation sites excluding steroid dienone is 1. The number of phosphoric ester groups is 2. The predicted molar refractivity (Wildman–Crippen MR) is 261 cm³/mol. The number of unbranched alkanes of at least 4 members (excludes halogenated alkanes) is 24. The summed E-state index contributed by atoms with van der Waals surface area (Å²) in [5.74, 6) is -0.253. The second-order valence-electron chi connectivity index (χ2n) is 18.4. The molecule has 0 radical (unpaired) electrons. The van der Waals surface area contributed by atoms with Gasteiger partial charge in [-0.2, -0.15) is 0 Å². The molecule has 17 heteroatoms. The van der Waals surface area contributed by atoms with Crippen molar-refractivity contribution in [1.29, 1.82) is 0 Å². The predicted octanol–water partition coefficient (Wildman–Crippen LogP) is 11.9. The van der Waals surface area contributed by atoms with Crippen LogP contribution >= 0.6 is 15.6 Å². The van der Waals surface area contributed by atoms with Gasteiger partial charge in [-0.15, -0.1) is 0 Å². The highest BCUT2D eigenvalue weighted by Gasteiger charge is 2.28. The molecule has 0 bridgehead atoms. The first-order valence-electron chi connectivity index (χ1n) is 25.9. The van der Waals surface area contributed by atoms with Gasteiger partial charge in [0.05, 0.1) is 32.0 Å². The fourth-order valence-corrected chi connectivity index (χ4v) is 8.56. The molecule has 0 spiro atoms. The van der Waals surface area contributed by atoms with E-state index in [1.807, 2.05) is 6.08 Å². The van der Waals surface area contributed by atoms with Gasteiger partial charge >= 0.3 is 27.6 Å². The van der Waals surface area contributed by atoms with Gasteiger partial charge in [-0.1, -0.05) is 193 Å². The summed E-state index contributed by atoms with van der Waals surface area (Å²) in [6.07, 6.45) is 33.6. The molecule has 0 aliphatic heterocycles. The first-order chi connectivity index (χ1) is 31.6. The Balaban J connectivity index is 4.45. The van der Waals surface area contributed by atoms with Crippen molar-refractivity contribution in [3.8, 4) is 0 Å². The molecule has 0 aromatic rings. The molecule has 6 atom stereocenters. The average molecular weight is 987 g/mol. The third-order valence-electron chi connectivity index (χ3n) is 11.9. The SMILES string of the molecule is CCCCC/C=C\C[C@@H](O)[C@H](O)CCCCCCCC(=O)OC[C@H](COP(=O)(O)OC[C@@H](O)COP(=O)(O)O)OC(=O)CCCCCCCCCCCCCCCCCCCCC(C)CC. The van der Waals surface area contributed by atoms with Crippen LogP contribution in [0.1, 0.15) is 233 Å². The van der Waals surface area contributed by atoms with E-state index in [0.717, 1.165) is 76.5 Å². The second kappa shape index (κ2) is 43.8. The standard InChI is InChI=1S/C49H96O15P2/c1-4-6-7-8-25-30-35-46(51)47(52)36-31-26-23-28-32-37-48(53)60-41-45(42-63-66(58,59)62-40-44(50)39-61-65(55,56)57)64-49(54)38-33-27-22-20-18-16-14-12-10-9-11-13-15-17-19-21-24-29-34-43(3)5-2/h25,30,43-47,50-52H,4-24,26-29,31-42H2,1-3H3,(H,58,59)(H2,55,56,57)/b30-25-/t43?,44-,45+,46+,47+/m0/s1. The Kier molecular flexibility index (Phi) is 43.0. The maximum absolute atomic E-state index is 12.7. The number of hydrogen-bond acceptors (Lipinski definition) is 12. The average Bonchev–Trinajstić information content (AvgIpc) is 3.28. The molecule has 2 unspecified atom stereocenters. The van der Waals surface area contributed by atoms with Gasteiger partial charge in [0, 0.05) is 12.8 Å². The van der Waals surface area contributed by atoms with E-state index in [1.54, 1.807) is 0 Å². The number of rotatable bonds is 49. The lowest BCUT2D eigenvalue weighted by Crippen LogP contribution is -2.30. The Hall–Kier alpha value is -1.22. The fourth-order valence-electron chi connectivity index (χ4n) is 7.41. The normalized spacial score (nSPS) is 15.3. The van der Waals surface area contributed by atoms with Crippen molar-refractivity contribution in [2.24, 2.45) is 5.92 Å². The largest absolute Gasteiger partial charge is 0.472 e. The maximum atomic E-state index is 12.7. The Morgan fingerprint density at radius 1 is 0.515 bits per heavy atom. The molecule has 0 saturated carbocycles. The smallest absolute Gasteiger partial charge is 0.462 e. The summed E-state index contributed by atoms with van der Waals surface area (Å²) >= 11 is 0. The summed E-state index contributed by atoms with van der Waals surface area (Å²) in [6.45, 7) is 3.96. The van der Waals surface area contributed by atoms with Gasteiger partial charge in [0.1, 0.15) is 12.7 Å². The first-order valence-corrected chi connectivity index (χ1v) is 29.0. The lowest BCUT2D eigenvalue weighted by atomic mass is 9.99. The van der Waals surface area contributed by atoms with E-state index < -0.39 is 78.4 Å². The van der Waals surface area contributed by atoms with Gasteiger partial charge in [-0.3, -0.25) is 23.2 Å². The van der Waals surface area contributed by atoms with E-state index in [9.17, 15) is 38.9 Å². The lowest BCUT2D eigenvalue weighted by Gasteiger charge is -2.20. The third-order valence-corrected chi connectivity index (χ3v) is 13.3. The summed E-state index contributed by atoms with van der Waals surface area (Å²) in [5, 5.41) is 30.3. The van der Waals surface area contributed by atoms with Crippen molar-refractivity contribution < 1.29 is 71.8 Å². The molecule has 0 aromatic heterocycles. The molecule has 66 heavy (non-hydrogen) atoms. The van der Waals surface area contributed by atoms with Gasteiger partial charge in [0.15, 0.2) is 6.10 Å². The van der Waals surface area contributed by atoms with E-state index in [1.165, 1.54) is 103 Å². The van der Waals surface area contributed by atoms with E-state index in [0.29, 0.717) is 25.7 Å². The fraction of sp³-hybridized carbons (Fsp3) is 0.918. The van der Waals surface area contributed by atoms with Crippen molar-refractivity contribution in [1.82, 2.24) is 0 Å². The summed E-state index contributed by atoms with van der Waals surface area (Å²) < 4.78 is 47.9. The van der Waals surface area contributed by atoms with Gasteiger partial charge in [-0.25, -0.2) is 9.13 Å². The molecular formula is C49H96O15P2. The minimum Gasteiger partial charge on any atom is -0.462 e. The third kappa shape index (κ3) is 45.2. The minimum atomic E-state index is -4.88. The highest BCUT2D eigenvalue weighted by atomic mass is 31.2. The first kappa shape index (κ1) is 64.8. The number of carbonyl (C=O) groups is 2. The highest BCUT2D eigenvalue weighted by molar-refractivity contribution is 7.47. The van der Waals surface area contributed by atoms with Gasteiger partial charge < -0.3 is 39.5 Å². The van der Waals surface area contributed by atoms with Crippen LogP contribution in [0.4, 0.5) is 0 Å². The highest BCUT2D eigenvalue weighted by Crippen LogP contribution is 2.44. The molecule has 0 fully saturated rings. The van der Waals surface area contributed by atoms with Crippen molar-refractivity contribution in [2.75, 3.05) is 26.4 Å². The van der Waals surface area contributed by atoms with Crippen LogP contribution in [0.3, 0.4) is 0 Å². The Labute approximate surface area is 399 Å². The number of phosphoric acid groups is 2. The Morgan fingerprint density at radius 2 is 0.970 bits per heavy atom. The molecule has 0 saturated heterocycles. The van der Waals surface area contributed by atoms with E-state index >= 15 is 0 Å².